The monoisotopic (exact) mass is 240 g/mol. The van der Waals surface area contributed by atoms with Gasteiger partial charge in [0.2, 0.25) is 6.41 Å². The molecule has 16 heavy (non-hydrogen) atoms. The van der Waals surface area contributed by atoms with Crippen LogP contribution in [-0.2, 0) is 4.79 Å². The average Bonchev–Trinajstić information content (AvgIpc) is 2.29. The van der Waals surface area contributed by atoms with E-state index in [1.807, 2.05) is 0 Å². The summed E-state index contributed by atoms with van der Waals surface area (Å²) in [5.41, 5.74) is 0.577. The lowest BCUT2D eigenvalue weighted by Crippen LogP contribution is -2.26. The van der Waals surface area contributed by atoms with Crippen molar-refractivity contribution in [3.05, 3.63) is 34.9 Å². The molecule has 1 aromatic rings. The van der Waals surface area contributed by atoms with Crippen LogP contribution in [-0.4, -0.2) is 25.4 Å². The van der Waals surface area contributed by atoms with E-state index in [9.17, 15) is 9.59 Å². The molecule has 0 saturated carbocycles. The van der Waals surface area contributed by atoms with Crippen LogP contribution in [0.1, 0.15) is 16.8 Å². The van der Waals surface area contributed by atoms with Crippen LogP contribution in [0.4, 0.5) is 0 Å². The number of amides is 2. The van der Waals surface area contributed by atoms with E-state index in [0.29, 0.717) is 36.5 Å². The van der Waals surface area contributed by atoms with Crippen molar-refractivity contribution in [2.45, 2.75) is 6.42 Å². The number of hydrogen-bond donors (Lipinski definition) is 2. The maximum absolute atomic E-state index is 11.5. The van der Waals surface area contributed by atoms with Gasteiger partial charge in [-0.2, -0.15) is 0 Å². The molecule has 1 rings (SSSR count). The highest BCUT2D eigenvalue weighted by Gasteiger charge is 2.03. The minimum Gasteiger partial charge on any atom is -0.359 e. The predicted octanol–water partition coefficient (Wildman–Crippen LogP) is 1.21. The normalized spacial score (nSPS) is 9.56. The van der Waals surface area contributed by atoms with E-state index in [1.54, 1.807) is 24.3 Å². The number of rotatable bonds is 6. The van der Waals surface area contributed by atoms with E-state index < -0.39 is 0 Å². The second-order valence-corrected chi connectivity index (χ2v) is 3.62. The van der Waals surface area contributed by atoms with Gasteiger partial charge >= 0.3 is 0 Å². The number of nitrogens with one attached hydrogen (secondary N) is 2. The van der Waals surface area contributed by atoms with Crippen molar-refractivity contribution in [2.24, 2.45) is 0 Å². The molecular formula is C11H13ClN2O2. The summed E-state index contributed by atoms with van der Waals surface area (Å²) >= 11 is 5.70. The summed E-state index contributed by atoms with van der Waals surface area (Å²) in [5.74, 6) is -0.136. The molecule has 2 N–H and O–H groups in total. The lowest BCUT2D eigenvalue weighted by atomic mass is 10.2. The van der Waals surface area contributed by atoms with Gasteiger partial charge in [0.15, 0.2) is 0 Å². The van der Waals surface area contributed by atoms with Gasteiger partial charge in [0.05, 0.1) is 0 Å². The quantitative estimate of drug-likeness (QED) is 0.580. The van der Waals surface area contributed by atoms with E-state index in [1.165, 1.54) is 0 Å². The fourth-order valence-corrected chi connectivity index (χ4v) is 1.28. The lowest BCUT2D eigenvalue weighted by Gasteiger charge is -2.04. The number of hydrogen-bond acceptors (Lipinski definition) is 2. The zero-order valence-electron chi connectivity index (χ0n) is 8.70. The molecule has 0 heterocycles. The Morgan fingerprint density at radius 1 is 1.25 bits per heavy atom. The van der Waals surface area contributed by atoms with Gasteiger partial charge in [0.1, 0.15) is 0 Å². The third-order valence-electron chi connectivity index (χ3n) is 1.97. The van der Waals surface area contributed by atoms with Gasteiger partial charge in [0, 0.05) is 23.7 Å². The highest BCUT2D eigenvalue weighted by Crippen LogP contribution is 2.09. The van der Waals surface area contributed by atoms with Gasteiger partial charge in [-0.05, 0) is 30.7 Å². The Kier molecular flexibility index (Phi) is 5.36. The third kappa shape index (κ3) is 4.31. The summed E-state index contributed by atoms with van der Waals surface area (Å²) in [6, 6.07) is 6.68. The molecule has 2 amide bonds. The third-order valence-corrected chi connectivity index (χ3v) is 2.23. The van der Waals surface area contributed by atoms with Crippen LogP contribution >= 0.6 is 11.6 Å². The lowest BCUT2D eigenvalue weighted by molar-refractivity contribution is -0.109. The molecule has 0 fully saturated rings. The standard InChI is InChI=1S/C11H13ClN2O2/c12-10-4-2-9(3-5-10)11(16)14-7-1-6-13-8-15/h2-5,8H,1,6-7H2,(H,13,15)(H,14,16). The molecule has 0 aliphatic heterocycles. The highest BCUT2D eigenvalue weighted by molar-refractivity contribution is 6.30. The molecule has 86 valence electrons. The fraction of sp³-hybridized carbons (Fsp3) is 0.273. The maximum Gasteiger partial charge on any atom is 0.251 e. The van der Waals surface area contributed by atoms with Crippen molar-refractivity contribution in [2.75, 3.05) is 13.1 Å². The Morgan fingerprint density at radius 3 is 2.56 bits per heavy atom. The van der Waals surface area contributed by atoms with Crippen molar-refractivity contribution in [1.82, 2.24) is 10.6 Å². The van der Waals surface area contributed by atoms with E-state index in [0.717, 1.165) is 0 Å². The molecule has 0 atom stereocenters. The molecular weight excluding hydrogens is 228 g/mol. The first kappa shape index (κ1) is 12.5. The summed E-state index contributed by atoms with van der Waals surface area (Å²) in [6.45, 7) is 1.09. The van der Waals surface area contributed by atoms with Crippen molar-refractivity contribution in [3.63, 3.8) is 0 Å². The van der Waals surface area contributed by atoms with E-state index in [4.69, 9.17) is 11.6 Å². The summed E-state index contributed by atoms with van der Waals surface area (Å²) in [7, 11) is 0. The van der Waals surface area contributed by atoms with E-state index >= 15 is 0 Å². The van der Waals surface area contributed by atoms with Gasteiger partial charge < -0.3 is 10.6 Å². The van der Waals surface area contributed by atoms with Gasteiger partial charge in [-0.3, -0.25) is 9.59 Å². The largest absolute Gasteiger partial charge is 0.359 e. The Hall–Kier alpha value is -1.55. The summed E-state index contributed by atoms with van der Waals surface area (Å²) < 4.78 is 0. The SMILES string of the molecule is O=CNCCCNC(=O)c1ccc(Cl)cc1. The average molecular weight is 241 g/mol. The minimum atomic E-state index is -0.136. The Morgan fingerprint density at radius 2 is 1.94 bits per heavy atom. The molecule has 0 unspecified atom stereocenters. The molecule has 4 nitrogen and oxygen atoms in total. The molecule has 0 aliphatic carbocycles. The van der Waals surface area contributed by atoms with Gasteiger partial charge in [0.25, 0.3) is 5.91 Å². The zero-order chi connectivity index (χ0) is 11.8. The summed E-state index contributed by atoms with van der Waals surface area (Å²) in [4.78, 5) is 21.5. The Bertz CT molecular complexity index is 352. The van der Waals surface area contributed by atoms with Gasteiger partial charge in [-0.25, -0.2) is 0 Å². The van der Waals surface area contributed by atoms with Crippen molar-refractivity contribution >= 4 is 23.9 Å². The molecule has 0 spiro atoms. The van der Waals surface area contributed by atoms with E-state index in [2.05, 4.69) is 10.6 Å². The topological polar surface area (TPSA) is 58.2 Å². The number of benzene rings is 1. The Balaban J connectivity index is 2.29. The van der Waals surface area contributed by atoms with Gasteiger partial charge in [-0.1, -0.05) is 11.6 Å². The molecule has 0 saturated heterocycles. The van der Waals surface area contributed by atoms with Crippen LogP contribution in [0.25, 0.3) is 0 Å². The van der Waals surface area contributed by atoms with Crippen LogP contribution < -0.4 is 10.6 Å². The van der Waals surface area contributed by atoms with Crippen molar-refractivity contribution < 1.29 is 9.59 Å². The maximum atomic E-state index is 11.5. The molecule has 0 radical (unpaired) electrons. The van der Waals surface area contributed by atoms with Crippen LogP contribution in [0.3, 0.4) is 0 Å². The summed E-state index contributed by atoms with van der Waals surface area (Å²) in [5, 5.41) is 5.86. The minimum absolute atomic E-state index is 0.136. The smallest absolute Gasteiger partial charge is 0.251 e. The molecule has 5 heteroatoms. The number of carbonyl (C=O) groups is 2. The number of halogens is 1. The first-order valence-electron chi connectivity index (χ1n) is 4.95. The fourth-order valence-electron chi connectivity index (χ4n) is 1.15. The van der Waals surface area contributed by atoms with Crippen molar-refractivity contribution in [1.29, 1.82) is 0 Å². The molecule has 0 aliphatic rings. The Labute approximate surface area is 99.0 Å². The number of carbonyl (C=O) groups excluding carboxylic acids is 2. The predicted molar refractivity (Wildman–Crippen MR) is 62.5 cm³/mol. The molecule has 0 bridgehead atoms. The first-order chi connectivity index (χ1) is 7.74. The first-order valence-corrected chi connectivity index (χ1v) is 5.32. The van der Waals surface area contributed by atoms with Gasteiger partial charge in [-0.15, -0.1) is 0 Å². The molecule has 1 aromatic carbocycles. The van der Waals surface area contributed by atoms with E-state index in [-0.39, 0.29) is 5.91 Å². The van der Waals surface area contributed by atoms with Crippen LogP contribution in [0.2, 0.25) is 5.02 Å². The summed E-state index contributed by atoms with van der Waals surface area (Å²) in [6.07, 6.45) is 1.35. The zero-order valence-corrected chi connectivity index (χ0v) is 9.46. The molecule has 0 aromatic heterocycles. The second-order valence-electron chi connectivity index (χ2n) is 3.19. The van der Waals surface area contributed by atoms with Crippen LogP contribution in [0.5, 0.6) is 0 Å². The second kappa shape index (κ2) is 6.85. The van der Waals surface area contributed by atoms with Crippen molar-refractivity contribution in [3.8, 4) is 0 Å². The van der Waals surface area contributed by atoms with Crippen LogP contribution in [0, 0.1) is 0 Å². The van der Waals surface area contributed by atoms with Crippen LogP contribution in [0.15, 0.2) is 24.3 Å². The highest BCUT2D eigenvalue weighted by atomic mass is 35.5.